The largest absolute Gasteiger partial charge is 0.463 e. The third kappa shape index (κ3) is 6.31. The second kappa shape index (κ2) is 10.0. The van der Waals surface area contributed by atoms with Gasteiger partial charge in [0.05, 0.1) is 10.0 Å². The van der Waals surface area contributed by atoms with E-state index in [1.54, 1.807) is 18.2 Å². The molecule has 2 atom stereocenters. The predicted octanol–water partition coefficient (Wildman–Crippen LogP) is 5.72. The summed E-state index contributed by atoms with van der Waals surface area (Å²) in [4.78, 5) is 24.7. The molecule has 1 N–H and O–H groups in total. The maximum absolute atomic E-state index is 12.5. The number of benzene rings is 2. The molecule has 1 amide bonds. The topological polar surface area (TPSA) is 64.6 Å². The second-order valence-corrected chi connectivity index (χ2v) is 7.32. The molecule has 0 saturated carbocycles. The maximum atomic E-state index is 12.5. The molecule has 2 aromatic carbocycles. The number of rotatable bonds is 7. The van der Waals surface area contributed by atoms with E-state index in [0.717, 1.165) is 0 Å². The van der Waals surface area contributed by atoms with Gasteiger partial charge in [-0.25, -0.2) is 4.79 Å². The van der Waals surface area contributed by atoms with Crippen LogP contribution in [-0.2, 0) is 14.3 Å². The smallest absolute Gasteiger partial charge is 0.364 e. The summed E-state index contributed by atoms with van der Waals surface area (Å²) in [6, 6.07) is 10.8. The van der Waals surface area contributed by atoms with Gasteiger partial charge in [0.25, 0.3) is 11.5 Å². The molecule has 0 aliphatic rings. The molecule has 0 fully saturated rings. The molecular formula is C19H15Cl4NO4. The minimum absolute atomic E-state index is 0.264. The third-order valence-electron chi connectivity index (χ3n) is 3.35. The lowest BCUT2D eigenvalue weighted by molar-refractivity contribution is -0.155. The van der Waals surface area contributed by atoms with Crippen LogP contribution in [0, 0.1) is 0 Å². The number of hydrogen-bond donors (Lipinski definition) is 1. The number of anilines is 1. The van der Waals surface area contributed by atoms with Crippen LogP contribution in [0.25, 0.3) is 0 Å². The number of alkyl halides is 1. The van der Waals surface area contributed by atoms with Gasteiger partial charge in [0.2, 0.25) is 6.10 Å². The lowest BCUT2D eigenvalue weighted by Gasteiger charge is -2.20. The first kappa shape index (κ1) is 22.4. The zero-order valence-electron chi connectivity index (χ0n) is 14.5. The van der Waals surface area contributed by atoms with Crippen molar-refractivity contribution in [2.45, 2.75) is 18.6 Å². The van der Waals surface area contributed by atoms with E-state index in [9.17, 15) is 9.59 Å². The van der Waals surface area contributed by atoms with Crippen LogP contribution in [0.1, 0.15) is 6.92 Å². The van der Waals surface area contributed by atoms with Gasteiger partial charge in [-0.1, -0.05) is 53.0 Å². The van der Waals surface area contributed by atoms with Crippen molar-refractivity contribution >= 4 is 64.0 Å². The molecular weight excluding hydrogens is 448 g/mol. The first-order valence-corrected chi connectivity index (χ1v) is 9.42. The SMILES string of the molecule is C=C(C)C(OC(=O)C(Cl)Oc1ccc(Cl)cc1)C(=O)Nc1ccc(Cl)c(Cl)c1. The fourth-order valence-corrected chi connectivity index (χ4v) is 2.59. The predicted molar refractivity (Wildman–Crippen MR) is 112 cm³/mol. The minimum atomic E-state index is -1.47. The molecule has 28 heavy (non-hydrogen) atoms. The summed E-state index contributed by atoms with van der Waals surface area (Å²) in [7, 11) is 0. The summed E-state index contributed by atoms with van der Waals surface area (Å²) in [5.74, 6) is -1.27. The van der Waals surface area contributed by atoms with E-state index in [1.807, 2.05) is 0 Å². The summed E-state index contributed by atoms with van der Waals surface area (Å²) in [5, 5.41) is 3.68. The summed E-state index contributed by atoms with van der Waals surface area (Å²) in [6.45, 7) is 5.21. The monoisotopic (exact) mass is 461 g/mol. The van der Waals surface area contributed by atoms with Gasteiger partial charge in [0.1, 0.15) is 5.75 Å². The van der Waals surface area contributed by atoms with Crippen molar-refractivity contribution < 1.29 is 19.1 Å². The van der Waals surface area contributed by atoms with Crippen molar-refractivity contribution in [2.24, 2.45) is 0 Å². The summed E-state index contributed by atoms with van der Waals surface area (Å²) in [5.41, 5.74) is -0.802. The van der Waals surface area contributed by atoms with Crippen LogP contribution in [0.2, 0.25) is 15.1 Å². The van der Waals surface area contributed by atoms with Crippen LogP contribution >= 0.6 is 46.4 Å². The van der Waals surface area contributed by atoms with Crippen LogP contribution in [0.15, 0.2) is 54.6 Å². The van der Waals surface area contributed by atoms with Gasteiger partial charge in [0.15, 0.2) is 0 Å². The maximum Gasteiger partial charge on any atom is 0.364 e. The highest BCUT2D eigenvalue weighted by Crippen LogP contribution is 2.25. The average molecular weight is 463 g/mol. The third-order valence-corrected chi connectivity index (χ3v) is 4.60. The Bertz CT molecular complexity index is 886. The Morgan fingerprint density at radius 2 is 1.68 bits per heavy atom. The van der Waals surface area contributed by atoms with Crippen molar-refractivity contribution in [2.75, 3.05) is 5.32 Å². The normalized spacial score (nSPS) is 12.6. The molecule has 0 aliphatic heterocycles. The molecule has 148 valence electrons. The molecule has 0 aliphatic carbocycles. The number of esters is 1. The number of ether oxygens (including phenoxy) is 2. The number of hydrogen-bond acceptors (Lipinski definition) is 4. The van der Waals surface area contributed by atoms with E-state index >= 15 is 0 Å². The lowest BCUT2D eigenvalue weighted by Crippen LogP contribution is -2.36. The van der Waals surface area contributed by atoms with E-state index in [0.29, 0.717) is 27.1 Å². The highest BCUT2D eigenvalue weighted by atomic mass is 35.5. The average Bonchev–Trinajstić information content (AvgIpc) is 2.64. The van der Waals surface area contributed by atoms with Crippen LogP contribution in [0.3, 0.4) is 0 Å². The number of halogens is 4. The molecule has 0 bridgehead atoms. The van der Waals surface area contributed by atoms with E-state index in [-0.39, 0.29) is 5.02 Å². The fourth-order valence-electron chi connectivity index (χ4n) is 2.01. The zero-order chi connectivity index (χ0) is 20.8. The molecule has 0 radical (unpaired) electrons. The van der Waals surface area contributed by atoms with Gasteiger partial charge in [-0.2, -0.15) is 0 Å². The van der Waals surface area contributed by atoms with Gasteiger partial charge in [-0.05, 0) is 55.0 Å². The highest BCUT2D eigenvalue weighted by molar-refractivity contribution is 6.42. The molecule has 9 heteroatoms. The van der Waals surface area contributed by atoms with Crippen molar-refractivity contribution in [3.8, 4) is 5.75 Å². The number of carbonyl (C=O) groups excluding carboxylic acids is 2. The van der Waals surface area contributed by atoms with E-state index in [1.165, 1.54) is 31.2 Å². The van der Waals surface area contributed by atoms with Crippen LogP contribution in [-0.4, -0.2) is 23.5 Å². The van der Waals surface area contributed by atoms with E-state index < -0.39 is 23.5 Å². The molecule has 2 aromatic rings. The van der Waals surface area contributed by atoms with Crippen LogP contribution < -0.4 is 10.1 Å². The number of nitrogens with one attached hydrogen (secondary N) is 1. The lowest BCUT2D eigenvalue weighted by atomic mass is 10.1. The molecule has 0 aromatic heterocycles. The van der Waals surface area contributed by atoms with Crippen molar-refractivity contribution in [1.82, 2.24) is 0 Å². The van der Waals surface area contributed by atoms with Crippen molar-refractivity contribution in [3.63, 3.8) is 0 Å². The Labute approximate surface area is 182 Å². The van der Waals surface area contributed by atoms with Crippen LogP contribution in [0.4, 0.5) is 5.69 Å². The summed E-state index contributed by atoms with van der Waals surface area (Å²) in [6.07, 6.45) is -1.28. The Morgan fingerprint density at radius 3 is 2.25 bits per heavy atom. The Morgan fingerprint density at radius 1 is 1.04 bits per heavy atom. The van der Waals surface area contributed by atoms with Crippen molar-refractivity contribution in [3.05, 3.63) is 69.7 Å². The van der Waals surface area contributed by atoms with Crippen LogP contribution in [0.5, 0.6) is 5.75 Å². The van der Waals surface area contributed by atoms with Gasteiger partial charge >= 0.3 is 5.97 Å². The fraction of sp³-hybridized carbons (Fsp3) is 0.158. The van der Waals surface area contributed by atoms with E-state index in [4.69, 9.17) is 55.9 Å². The Hall–Kier alpha value is -1.92. The second-order valence-electron chi connectivity index (χ2n) is 5.67. The molecule has 0 saturated heterocycles. The van der Waals surface area contributed by atoms with Gasteiger partial charge in [-0.15, -0.1) is 0 Å². The van der Waals surface area contributed by atoms with Gasteiger partial charge in [-0.3, -0.25) is 4.79 Å². The van der Waals surface area contributed by atoms with Crippen molar-refractivity contribution in [1.29, 1.82) is 0 Å². The number of carbonyl (C=O) groups is 2. The zero-order valence-corrected chi connectivity index (χ0v) is 17.6. The summed E-state index contributed by atoms with van der Waals surface area (Å²) >= 11 is 23.5. The van der Waals surface area contributed by atoms with Gasteiger partial charge in [0, 0.05) is 10.7 Å². The first-order valence-electron chi connectivity index (χ1n) is 7.85. The molecule has 0 spiro atoms. The first-order chi connectivity index (χ1) is 13.2. The molecule has 5 nitrogen and oxygen atoms in total. The quantitative estimate of drug-likeness (QED) is 0.324. The Kier molecular flexibility index (Phi) is 8.01. The Balaban J connectivity index is 2.02. The van der Waals surface area contributed by atoms with Gasteiger partial charge < -0.3 is 14.8 Å². The minimum Gasteiger partial charge on any atom is -0.463 e. The van der Waals surface area contributed by atoms with E-state index in [2.05, 4.69) is 11.9 Å². The molecule has 0 heterocycles. The standard InChI is InChI=1S/C19H15Cl4NO4/c1-10(2)16(18(25)24-12-5-8-14(21)15(22)9-12)28-19(26)17(23)27-13-6-3-11(20)4-7-13/h3-9,16-17H,1H2,2H3,(H,24,25). The highest BCUT2D eigenvalue weighted by Gasteiger charge is 2.28. The molecule has 2 unspecified atom stereocenters. The summed E-state index contributed by atoms with van der Waals surface area (Å²) < 4.78 is 10.4. The number of amides is 1. The molecule has 2 rings (SSSR count).